The van der Waals surface area contributed by atoms with E-state index in [4.69, 9.17) is 16.9 Å². The number of benzene rings is 2. The summed E-state index contributed by atoms with van der Waals surface area (Å²) in [7, 11) is 0. The van der Waals surface area contributed by atoms with Crippen LogP contribution in [0.1, 0.15) is 37.3 Å². The van der Waals surface area contributed by atoms with E-state index >= 15 is 0 Å². The highest BCUT2D eigenvalue weighted by Crippen LogP contribution is 2.24. The maximum Gasteiger partial charge on any atom is 0.342 e. The van der Waals surface area contributed by atoms with Gasteiger partial charge < -0.3 is 5.32 Å². The maximum atomic E-state index is 12.6. The Balaban J connectivity index is 1.76. The monoisotopic (exact) mass is 380 g/mol. The first kappa shape index (κ1) is 18.9. The van der Waals surface area contributed by atoms with Crippen LogP contribution in [-0.2, 0) is 0 Å². The summed E-state index contributed by atoms with van der Waals surface area (Å²) in [6.45, 7) is 4.63. The molecule has 5 nitrogen and oxygen atoms in total. The predicted octanol–water partition coefficient (Wildman–Crippen LogP) is 5.25. The van der Waals surface area contributed by atoms with E-state index in [1.807, 2.05) is 36.4 Å². The van der Waals surface area contributed by atoms with E-state index in [0.29, 0.717) is 23.9 Å². The molecule has 0 radical (unpaired) electrons. The Kier molecular flexibility index (Phi) is 5.78. The summed E-state index contributed by atoms with van der Waals surface area (Å²) in [5.74, 6) is 0.317. The highest BCUT2D eigenvalue weighted by molar-refractivity contribution is 6.30. The van der Waals surface area contributed by atoms with Gasteiger partial charge in [-0.05, 0) is 41.3 Å². The zero-order valence-corrected chi connectivity index (χ0v) is 16.1. The highest BCUT2D eigenvalue weighted by Gasteiger charge is 2.31. The summed E-state index contributed by atoms with van der Waals surface area (Å²) >= 11 is 5.95. The van der Waals surface area contributed by atoms with E-state index in [2.05, 4.69) is 30.3 Å². The number of urea groups is 1. The number of carbonyl (C=O) groups is 1. The van der Waals surface area contributed by atoms with Crippen LogP contribution in [0.2, 0.25) is 5.02 Å². The van der Waals surface area contributed by atoms with Crippen LogP contribution in [0.25, 0.3) is 0 Å². The molecule has 27 heavy (non-hydrogen) atoms. The van der Waals surface area contributed by atoms with Crippen molar-refractivity contribution in [3.05, 3.63) is 64.7 Å². The summed E-state index contributed by atoms with van der Waals surface area (Å²) < 4.78 is 0. The molecule has 2 aromatic rings. The fourth-order valence-electron chi connectivity index (χ4n) is 3.00. The summed E-state index contributed by atoms with van der Waals surface area (Å²) in [5, 5.41) is 18.5. The van der Waals surface area contributed by atoms with Crippen LogP contribution in [-0.4, -0.2) is 23.3 Å². The third-order valence-corrected chi connectivity index (χ3v) is 4.80. The number of hydrogen-bond acceptors (Lipinski definition) is 3. The number of carbonyl (C=O) groups excluding carboxylic acids is 1. The lowest BCUT2D eigenvalue weighted by Gasteiger charge is -2.14. The van der Waals surface area contributed by atoms with E-state index in [9.17, 15) is 4.79 Å². The SMILES string of the molecule is CC(C)c1ccc(NC(=O)N2CC(CC#N)C(c3ccc(Cl)cc3)=N2)cc1. The van der Waals surface area contributed by atoms with Gasteiger partial charge in [-0.15, -0.1) is 0 Å². The predicted molar refractivity (Wildman–Crippen MR) is 108 cm³/mol. The van der Waals surface area contributed by atoms with E-state index in [-0.39, 0.29) is 11.9 Å². The third kappa shape index (κ3) is 4.47. The van der Waals surface area contributed by atoms with Crippen LogP contribution in [0.15, 0.2) is 53.6 Å². The van der Waals surface area contributed by atoms with Crippen molar-refractivity contribution in [3.8, 4) is 6.07 Å². The molecule has 138 valence electrons. The zero-order valence-electron chi connectivity index (χ0n) is 15.3. The first-order valence-corrected chi connectivity index (χ1v) is 9.25. The van der Waals surface area contributed by atoms with Gasteiger partial charge in [0.05, 0.1) is 18.3 Å². The second-order valence-corrected chi connectivity index (χ2v) is 7.28. The van der Waals surface area contributed by atoms with Crippen LogP contribution in [0, 0.1) is 17.2 Å². The topological polar surface area (TPSA) is 68.5 Å². The second-order valence-electron chi connectivity index (χ2n) is 6.84. The minimum Gasteiger partial charge on any atom is -0.306 e. The Morgan fingerprint density at radius 1 is 1.26 bits per heavy atom. The van der Waals surface area contributed by atoms with Crippen LogP contribution < -0.4 is 5.32 Å². The number of hydrogen-bond donors (Lipinski definition) is 1. The molecule has 1 aliphatic rings. The molecule has 0 saturated carbocycles. The van der Waals surface area contributed by atoms with E-state index in [1.165, 1.54) is 10.6 Å². The number of halogens is 1. The molecule has 2 aromatic carbocycles. The largest absolute Gasteiger partial charge is 0.342 e. The van der Waals surface area contributed by atoms with Gasteiger partial charge in [-0.1, -0.05) is 49.7 Å². The summed E-state index contributed by atoms with van der Waals surface area (Å²) in [6, 6.07) is 16.9. The Morgan fingerprint density at radius 3 is 2.52 bits per heavy atom. The number of nitriles is 1. The average molecular weight is 381 g/mol. The van der Waals surface area contributed by atoms with Crippen molar-refractivity contribution in [2.75, 3.05) is 11.9 Å². The first-order chi connectivity index (χ1) is 13.0. The smallest absolute Gasteiger partial charge is 0.306 e. The summed E-state index contributed by atoms with van der Waals surface area (Å²) in [4.78, 5) is 12.6. The van der Waals surface area contributed by atoms with Gasteiger partial charge in [0.1, 0.15) is 0 Å². The minimum atomic E-state index is -0.306. The number of nitrogens with zero attached hydrogens (tertiary/aromatic N) is 3. The number of rotatable bonds is 4. The summed E-state index contributed by atoms with van der Waals surface area (Å²) in [6.07, 6.45) is 0.300. The van der Waals surface area contributed by atoms with E-state index in [0.717, 1.165) is 17.0 Å². The van der Waals surface area contributed by atoms with Crippen molar-refractivity contribution in [2.24, 2.45) is 11.0 Å². The molecule has 1 unspecified atom stereocenters. The molecule has 6 heteroatoms. The highest BCUT2D eigenvalue weighted by atomic mass is 35.5. The van der Waals surface area contributed by atoms with Crippen LogP contribution in [0.3, 0.4) is 0 Å². The fourth-order valence-corrected chi connectivity index (χ4v) is 3.13. The number of amides is 2. The van der Waals surface area contributed by atoms with Crippen molar-refractivity contribution >= 4 is 29.0 Å². The lowest BCUT2D eigenvalue weighted by molar-refractivity contribution is 0.216. The van der Waals surface area contributed by atoms with Gasteiger partial charge in [0.25, 0.3) is 0 Å². The molecule has 0 fully saturated rings. The van der Waals surface area contributed by atoms with Gasteiger partial charge in [-0.2, -0.15) is 10.4 Å². The maximum absolute atomic E-state index is 12.6. The van der Waals surface area contributed by atoms with Crippen molar-refractivity contribution in [1.82, 2.24) is 5.01 Å². The molecule has 1 aliphatic heterocycles. The molecule has 0 spiro atoms. The minimum absolute atomic E-state index is 0.120. The number of nitrogens with one attached hydrogen (secondary N) is 1. The molecule has 0 aromatic heterocycles. The normalized spacial score (nSPS) is 16.2. The van der Waals surface area contributed by atoms with Gasteiger partial charge in [-0.3, -0.25) is 0 Å². The molecule has 3 rings (SSSR count). The molecule has 2 amide bonds. The van der Waals surface area contributed by atoms with Gasteiger partial charge in [-0.25, -0.2) is 9.80 Å². The van der Waals surface area contributed by atoms with Crippen LogP contribution in [0.5, 0.6) is 0 Å². The fraction of sp³-hybridized carbons (Fsp3) is 0.286. The van der Waals surface area contributed by atoms with Crippen LogP contribution in [0.4, 0.5) is 10.5 Å². The molecular formula is C21H21ClN4O. The lowest BCUT2D eigenvalue weighted by Crippen LogP contribution is -2.30. The Bertz CT molecular complexity index is 882. The molecule has 0 bridgehead atoms. The number of hydrazone groups is 1. The van der Waals surface area contributed by atoms with Crippen molar-refractivity contribution in [2.45, 2.75) is 26.2 Å². The van der Waals surface area contributed by atoms with Crippen LogP contribution >= 0.6 is 11.6 Å². The zero-order chi connectivity index (χ0) is 19.4. The molecule has 0 aliphatic carbocycles. The molecule has 0 saturated heterocycles. The summed E-state index contributed by atoms with van der Waals surface area (Å²) in [5.41, 5.74) is 3.54. The lowest BCUT2D eigenvalue weighted by atomic mass is 9.95. The van der Waals surface area contributed by atoms with E-state index < -0.39 is 0 Å². The molecule has 1 heterocycles. The quantitative estimate of drug-likeness (QED) is 0.787. The van der Waals surface area contributed by atoms with Crippen molar-refractivity contribution < 1.29 is 4.79 Å². The Labute approximate surface area is 164 Å². The number of anilines is 1. The Morgan fingerprint density at radius 2 is 1.93 bits per heavy atom. The molecule has 1 N–H and O–H groups in total. The van der Waals surface area contributed by atoms with Gasteiger partial charge >= 0.3 is 6.03 Å². The standard InChI is InChI=1S/C21H21ClN4O/c1-14(2)15-5-9-19(10-6-15)24-21(27)26-13-17(11-12-23)20(25-26)16-3-7-18(22)8-4-16/h3-10,14,17H,11,13H2,1-2H3,(H,24,27). The van der Waals surface area contributed by atoms with Gasteiger partial charge in [0, 0.05) is 23.0 Å². The van der Waals surface area contributed by atoms with Gasteiger partial charge in [0.2, 0.25) is 0 Å². The average Bonchev–Trinajstić information content (AvgIpc) is 3.07. The van der Waals surface area contributed by atoms with Gasteiger partial charge in [0.15, 0.2) is 0 Å². The first-order valence-electron chi connectivity index (χ1n) is 8.87. The van der Waals surface area contributed by atoms with Crippen molar-refractivity contribution in [1.29, 1.82) is 5.26 Å². The molecular weight excluding hydrogens is 360 g/mol. The third-order valence-electron chi connectivity index (χ3n) is 4.55. The van der Waals surface area contributed by atoms with Crippen molar-refractivity contribution in [3.63, 3.8) is 0 Å². The Hall–Kier alpha value is -2.84. The molecule has 1 atom stereocenters. The van der Waals surface area contributed by atoms with E-state index in [1.54, 1.807) is 12.1 Å². The second kappa shape index (κ2) is 8.24.